The van der Waals surface area contributed by atoms with E-state index in [4.69, 9.17) is 5.73 Å². The van der Waals surface area contributed by atoms with Gasteiger partial charge in [-0.25, -0.2) is 10.1 Å². The second-order valence-electron chi connectivity index (χ2n) is 5.46. The Morgan fingerprint density at radius 1 is 1.29 bits per heavy atom. The van der Waals surface area contributed by atoms with Crippen molar-refractivity contribution in [3.8, 4) is 0 Å². The molecule has 6 nitrogen and oxygen atoms in total. The van der Waals surface area contributed by atoms with E-state index in [1.165, 1.54) is 5.32 Å². The lowest BCUT2D eigenvalue weighted by atomic mass is 10.1. The number of hydrogen-bond donors (Lipinski definition) is 3. The van der Waals surface area contributed by atoms with E-state index in [2.05, 4.69) is 5.32 Å². The molecule has 9 heteroatoms. The Morgan fingerprint density at radius 3 is 2.50 bits per heavy atom. The smallest absolute Gasteiger partial charge is 0.389 e. The van der Waals surface area contributed by atoms with E-state index in [0.29, 0.717) is 16.3 Å². The number of halogens is 3. The Morgan fingerprint density at radius 2 is 1.92 bits per heavy atom. The van der Waals surface area contributed by atoms with E-state index in [1.54, 1.807) is 30.3 Å². The first-order valence-electron chi connectivity index (χ1n) is 7.20. The average molecular weight is 343 g/mol. The Bertz CT molecular complexity index is 658. The van der Waals surface area contributed by atoms with Crippen molar-refractivity contribution in [2.45, 2.75) is 18.6 Å². The van der Waals surface area contributed by atoms with Crippen LogP contribution in [0, 0.1) is 0 Å². The van der Waals surface area contributed by atoms with Gasteiger partial charge in [-0.1, -0.05) is 18.2 Å². The van der Waals surface area contributed by atoms with Crippen molar-refractivity contribution in [1.29, 1.82) is 0 Å². The molecule has 0 saturated carbocycles. The van der Waals surface area contributed by atoms with E-state index >= 15 is 0 Å². The van der Waals surface area contributed by atoms with Gasteiger partial charge in [0, 0.05) is 25.7 Å². The molecule has 1 aromatic carbocycles. The molecule has 0 aliphatic carbocycles. The third kappa shape index (κ3) is 4.05. The molecule has 0 bridgehead atoms. The summed E-state index contributed by atoms with van der Waals surface area (Å²) in [5, 5.41) is 4.16. The molecule has 1 unspecified atom stereocenters. The van der Waals surface area contributed by atoms with E-state index < -0.39 is 24.0 Å². The van der Waals surface area contributed by atoms with Crippen LogP contribution in [0.25, 0.3) is 0 Å². The lowest BCUT2D eigenvalue weighted by Gasteiger charge is -2.24. The summed E-state index contributed by atoms with van der Waals surface area (Å²) in [4.78, 5) is 24.0. The molecule has 0 radical (unpaired) electrons. The van der Waals surface area contributed by atoms with E-state index in [1.807, 2.05) is 0 Å². The van der Waals surface area contributed by atoms with Gasteiger partial charge in [-0.15, -0.1) is 0 Å². The molecule has 1 fully saturated rings. The van der Waals surface area contributed by atoms with Crippen LogP contribution in [-0.2, 0) is 9.59 Å². The molecule has 130 valence electrons. The number of primary amides is 1. The number of quaternary nitrogens is 1. The average Bonchev–Trinajstić information content (AvgIpc) is 3.02. The highest BCUT2D eigenvalue weighted by molar-refractivity contribution is 5.86. The molecule has 1 heterocycles. The van der Waals surface area contributed by atoms with Gasteiger partial charge in [0.05, 0.1) is 6.04 Å². The van der Waals surface area contributed by atoms with Crippen LogP contribution >= 0.6 is 0 Å². The fraction of sp³-hybridized carbons (Fsp3) is 0.333. The van der Waals surface area contributed by atoms with Crippen molar-refractivity contribution in [2.75, 3.05) is 13.6 Å². The second kappa shape index (κ2) is 6.91. The molecule has 24 heavy (non-hydrogen) atoms. The number of likely N-dealkylation sites (N-methyl/N-ethyl adjacent to an activating group) is 1. The Kier molecular flexibility index (Phi) is 5.13. The molecule has 1 aromatic rings. The molecule has 1 saturated heterocycles. The highest BCUT2D eigenvalue weighted by Crippen LogP contribution is 2.23. The first-order chi connectivity index (χ1) is 11.2. The molecule has 0 aromatic heterocycles. The van der Waals surface area contributed by atoms with Crippen molar-refractivity contribution in [2.24, 2.45) is 5.73 Å². The lowest BCUT2D eigenvalue weighted by molar-refractivity contribution is -0.479. The quantitative estimate of drug-likeness (QED) is 0.531. The van der Waals surface area contributed by atoms with Crippen molar-refractivity contribution in [3.05, 3.63) is 41.7 Å². The topological polar surface area (TPSA) is 92.0 Å². The van der Waals surface area contributed by atoms with Gasteiger partial charge in [-0.3, -0.25) is 4.79 Å². The number of alkyl halides is 3. The van der Waals surface area contributed by atoms with Gasteiger partial charge in [0.2, 0.25) is 0 Å². The second-order valence-corrected chi connectivity index (χ2v) is 5.46. The number of benzene rings is 1. The minimum Gasteiger partial charge on any atom is -0.389 e. The number of nitrogens with zero attached hydrogens (tertiary/aromatic N) is 1. The number of para-hydroxylation sites is 1. The summed E-state index contributed by atoms with van der Waals surface area (Å²) in [6, 6.07) is 8.10. The molecule has 1 atom stereocenters. The summed E-state index contributed by atoms with van der Waals surface area (Å²) >= 11 is 0. The molecule has 5 N–H and O–H groups in total. The van der Waals surface area contributed by atoms with Gasteiger partial charge >= 0.3 is 18.0 Å². The molecule has 2 amide bonds. The fourth-order valence-corrected chi connectivity index (χ4v) is 2.39. The van der Waals surface area contributed by atoms with E-state index in [9.17, 15) is 22.8 Å². The predicted octanol–water partition coefficient (Wildman–Crippen LogP) is -0.0390. The number of carbonyl (C=O) groups is 2. The maximum absolute atomic E-state index is 12.5. The summed E-state index contributed by atoms with van der Waals surface area (Å²) < 4.78 is 37.4. The number of carbonyl (C=O) groups excluding carboxylic acids is 2. The molecule has 1 aliphatic heterocycles. The van der Waals surface area contributed by atoms with Crippen LogP contribution in [0.2, 0.25) is 0 Å². The maximum Gasteiger partial charge on any atom is 0.471 e. The predicted molar refractivity (Wildman–Crippen MR) is 79.5 cm³/mol. The van der Waals surface area contributed by atoms with Crippen molar-refractivity contribution in [1.82, 2.24) is 10.2 Å². The maximum atomic E-state index is 12.5. The third-order valence-electron chi connectivity index (χ3n) is 3.79. The molecule has 1 aliphatic rings. The summed E-state index contributed by atoms with van der Waals surface area (Å²) in [5.41, 5.74) is 6.76. The summed E-state index contributed by atoms with van der Waals surface area (Å²) in [5.74, 6) is -2.36. The highest BCUT2D eigenvalue weighted by Gasteiger charge is 2.44. The minimum atomic E-state index is -4.93. The van der Waals surface area contributed by atoms with Gasteiger partial charge in [0.15, 0.2) is 5.70 Å². The lowest BCUT2D eigenvalue weighted by Crippen LogP contribution is -2.83. The molecule has 0 spiro atoms. The largest absolute Gasteiger partial charge is 0.471 e. The van der Waals surface area contributed by atoms with Crippen LogP contribution in [0.15, 0.2) is 41.7 Å². The van der Waals surface area contributed by atoms with Crippen LogP contribution < -0.4 is 16.4 Å². The summed E-state index contributed by atoms with van der Waals surface area (Å²) in [6.07, 6.45) is -4.86. The van der Waals surface area contributed by atoms with Crippen LogP contribution in [0.5, 0.6) is 0 Å². The summed E-state index contributed by atoms with van der Waals surface area (Å²) in [6.45, 7) is 0.104. The van der Waals surface area contributed by atoms with Crippen molar-refractivity contribution < 1.29 is 28.1 Å². The zero-order valence-electron chi connectivity index (χ0n) is 12.9. The molecular formula is C15H18F3N4O2+. The van der Waals surface area contributed by atoms with Crippen LogP contribution in [0.3, 0.4) is 0 Å². The Labute approximate surface area is 136 Å². The van der Waals surface area contributed by atoms with Crippen molar-refractivity contribution in [3.63, 3.8) is 0 Å². The van der Waals surface area contributed by atoms with Gasteiger partial charge in [0.25, 0.3) is 0 Å². The van der Waals surface area contributed by atoms with Crippen LogP contribution in [0.4, 0.5) is 18.9 Å². The Balaban J connectivity index is 2.04. The first-order valence-corrected chi connectivity index (χ1v) is 7.20. The molecular weight excluding hydrogens is 325 g/mol. The monoisotopic (exact) mass is 343 g/mol. The third-order valence-corrected chi connectivity index (χ3v) is 3.79. The number of hydrogen-bond acceptors (Lipinski definition) is 4. The minimum absolute atomic E-state index is 0.0609. The molecule has 2 rings (SSSR count). The number of amides is 2. The Hall–Kier alpha value is -2.55. The summed E-state index contributed by atoms with van der Waals surface area (Å²) in [7, 11) is 1.08. The number of nitrogens with one attached hydrogen (secondary N) is 1. The highest BCUT2D eigenvalue weighted by atomic mass is 19.4. The standard InChI is InChI=1S/C15H17F3N4O2/c1-22(14(24)15(16,17)18)10-7-11(20-8-10)12(19)13(23)21-9-5-3-2-4-6-9/h2-6,10,20H,7-8,19H2,1H3,(H,21,23)/p+1/b12-11+. The fourth-order valence-electron chi connectivity index (χ4n) is 2.39. The van der Waals surface area contributed by atoms with E-state index in [-0.39, 0.29) is 18.7 Å². The van der Waals surface area contributed by atoms with E-state index in [0.717, 1.165) is 7.05 Å². The van der Waals surface area contributed by atoms with Crippen LogP contribution in [0.1, 0.15) is 6.42 Å². The van der Waals surface area contributed by atoms with Crippen LogP contribution in [-0.4, -0.2) is 42.5 Å². The SMILES string of the molecule is CN(C(=O)C(F)(F)F)C1CN/C(=C(/N)C(=O)[NH2+]c2ccccc2)C1. The number of nitrogens with two attached hydrogens (primary N) is 2. The number of rotatable bonds is 3. The first kappa shape index (κ1) is 17.8. The van der Waals surface area contributed by atoms with Gasteiger partial charge < -0.3 is 16.0 Å². The zero-order valence-corrected chi connectivity index (χ0v) is 12.9. The van der Waals surface area contributed by atoms with Crippen molar-refractivity contribution >= 4 is 17.5 Å². The van der Waals surface area contributed by atoms with Gasteiger partial charge in [-0.2, -0.15) is 13.2 Å². The van der Waals surface area contributed by atoms with Gasteiger partial charge in [0.1, 0.15) is 5.69 Å². The van der Waals surface area contributed by atoms with Gasteiger partial charge in [-0.05, 0) is 12.1 Å². The zero-order chi connectivity index (χ0) is 17.9. The normalized spacial score (nSPS) is 19.6.